The van der Waals surface area contributed by atoms with E-state index in [1.807, 2.05) is 45.0 Å². The summed E-state index contributed by atoms with van der Waals surface area (Å²) in [4.78, 5) is 12.9. The predicted molar refractivity (Wildman–Crippen MR) is 119 cm³/mol. The van der Waals surface area contributed by atoms with E-state index in [1.165, 1.54) is 13.2 Å². The molecule has 0 saturated carbocycles. The monoisotopic (exact) mass is 466 g/mol. The Kier molecular flexibility index (Phi) is 6.95. The van der Waals surface area contributed by atoms with Crippen molar-refractivity contribution in [1.82, 2.24) is 5.32 Å². The summed E-state index contributed by atoms with van der Waals surface area (Å²) in [5.74, 6) is -0.249. The standard InChI is InChI=1S/C24H29F3N2O4/c1-23(2,3)14-11-16(21(30)24(25,26)27)20(33-5)18(12-14)29-22(31)28-17-10-13-8-6-7-9-15(13)19(17)32-4/h6-9,11-12,17,19,21,30H,10H2,1-5H3,(H2,28,29,31)/t17?,19?,21-/m1/s1. The van der Waals surface area contributed by atoms with E-state index >= 15 is 0 Å². The van der Waals surface area contributed by atoms with Crippen molar-refractivity contribution in [2.45, 2.75) is 57.0 Å². The molecule has 0 aromatic heterocycles. The lowest BCUT2D eigenvalue weighted by Gasteiger charge is -2.26. The topological polar surface area (TPSA) is 79.8 Å². The van der Waals surface area contributed by atoms with Crippen LogP contribution in [0, 0.1) is 0 Å². The number of nitrogens with one attached hydrogen (secondary N) is 2. The van der Waals surface area contributed by atoms with Crippen molar-refractivity contribution in [3.05, 3.63) is 58.7 Å². The second-order valence-corrected chi connectivity index (χ2v) is 9.10. The van der Waals surface area contributed by atoms with Gasteiger partial charge in [0.1, 0.15) is 11.9 Å². The first-order valence-electron chi connectivity index (χ1n) is 10.5. The highest BCUT2D eigenvalue weighted by Gasteiger charge is 2.42. The van der Waals surface area contributed by atoms with Gasteiger partial charge in [-0.3, -0.25) is 0 Å². The molecule has 0 heterocycles. The number of methoxy groups -OCH3 is 2. The maximum absolute atomic E-state index is 13.3. The summed E-state index contributed by atoms with van der Waals surface area (Å²) in [5, 5.41) is 15.4. The molecule has 3 N–H and O–H groups in total. The third kappa shape index (κ3) is 5.25. The van der Waals surface area contributed by atoms with Crippen molar-refractivity contribution in [1.29, 1.82) is 0 Å². The van der Waals surface area contributed by atoms with E-state index in [0.29, 0.717) is 12.0 Å². The number of aliphatic hydroxyl groups excluding tert-OH is 1. The summed E-state index contributed by atoms with van der Waals surface area (Å²) in [6.45, 7) is 5.46. The van der Waals surface area contributed by atoms with E-state index in [0.717, 1.165) is 11.1 Å². The fourth-order valence-electron chi connectivity index (χ4n) is 4.09. The second-order valence-electron chi connectivity index (χ2n) is 9.10. The normalized spacial score (nSPS) is 19.1. The Balaban J connectivity index is 1.91. The molecule has 0 aliphatic heterocycles. The van der Waals surface area contributed by atoms with E-state index in [2.05, 4.69) is 10.6 Å². The molecule has 0 spiro atoms. The van der Waals surface area contributed by atoms with E-state index < -0.39 is 29.3 Å². The molecule has 0 radical (unpaired) electrons. The molecule has 0 saturated heterocycles. The zero-order valence-corrected chi connectivity index (χ0v) is 19.2. The van der Waals surface area contributed by atoms with Gasteiger partial charge in [0.15, 0.2) is 6.10 Å². The van der Waals surface area contributed by atoms with Gasteiger partial charge in [0.25, 0.3) is 0 Å². The number of fused-ring (bicyclic) bond motifs is 1. The van der Waals surface area contributed by atoms with Gasteiger partial charge in [0.05, 0.1) is 18.8 Å². The summed E-state index contributed by atoms with van der Waals surface area (Å²) >= 11 is 0. The van der Waals surface area contributed by atoms with Gasteiger partial charge in [-0.1, -0.05) is 45.0 Å². The maximum Gasteiger partial charge on any atom is 0.418 e. The van der Waals surface area contributed by atoms with Gasteiger partial charge in [-0.15, -0.1) is 0 Å². The van der Waals surface area contributed by atoms with Crippen molar-refractivity contribution in [3.8, 4) is 5.75 Å². The number of rotatable bonds is 5. The highest BCUT2D eigenvalue weighted by atomic mass is 19.4. The van der Waals surface area contributed by atoms with Gasteiger partial charge in [-0.05, 0) is 40.7 Å². The summed E-state index contributed by atoms with van der Waals surface area (Å²) in [5.41, 5.74) is 1.56. The van der Waals surface area contributed by atoms with Crippen molar-refractivity contribution in [2.75, 3.05) is 19.5 Å². The van der Waals surface area contributed by atoms with Crippen LogP contribution in [0.4, 0.5) is 23.7 Å². The molecule has 2 amide bonds. The van der Waals surface area contributed by atoms with Gasteiger partial charge >= 0.3 is 12.2 Å². The van der Waals surface area contributed by atoms with Crippen LogP contribution in [0.3, 0.4) is 0 Å². The van der Waals surface area contributed by atoms with Crippen LogP contribution < -0.4 is 15.4 Å². The number of carbonyl (C=O) groups is 1. The Bertz CT molecular complexity index is 1020. The van der Waals surface area contributed by atoms with Crippen LogP contribution >= 0.6 is 0 Å². The number of ether oxygens (including phenoxy) is 2. The lowest BCUT2D eigenvalue weighted by molar-refractivity contribution is -0.207. The number of benzene rings is 2. The minimum atomic E-state index is -4.90. The number of hydrogen-bond donors (Lipinski definition) is 3. The Morgan fingerprint density at radius 1 is 1.15 bits per heavy atom. The molecule has 2 unspecified atom stereocenters. The minimum absolute atomic E-state index is 0.0326. The van der Waals surface area contributed by atoms with Gasteiger partial charge in [0, 0.05) is 12.7 Å². The number of carbonyl (C=O) groups excluding carboxylic acids is 1. The largest absolute Gasteiger partial charge is 0.494 e. The predicted octanol–water partition coefficient (Wildman–Crippen LogP) is 5.02. The first kappa shape index (κ1) is 24.9. The molecule has 2 aromatic rings. The lowest BCUT2D eigenvalue weighted by atomic mass is 9.84. The first-order valence-corrected chi connectivity index (χ1v) is 10.5. The van der Waals surface area contributed by atoms with Crippen LogP contribution in [-0.4, -0.2) is 37.6 Å². The SMILES string of the molecule is COc1c(NC(=O)NC2Cc3ccccc3C2OC)cc(C(C)(C)C)cc1[C@@H](O)C(F)(F)F. The minimum Gasteiger partial charge on any atom is -0.494 e. The summed E-state index contributed by atoms with van der Waals surface area (Å²) in [6, 6.07) is 9.53. The van der Waals surface area contributed by atoms with Crippen molar-refractivity contribution >= 4 is 11.7 Å². The van der Waals surface area contributed by atoms with Crippen LogP contribution in [0.5, 0.6) is 5.75 Å². The summed E-state index contributed by atoms with van der Waals surface area (Å²) in [6.07, 6.45) is -7.46. The average molecular weight is 467 g/mol. The molecule has 3 rings (SSSR count). The van der Waals surface area contributed by atoms with E-state index in [1.54, 1.807) is 13.2 Å². The average Bonchev–Trinajstić information content (AvgIpc) is 3.07. The van der Waals surface area contributed by atoms with Gasteiger partial charge in [0.2, 0.25) is 0 Å². The van der Waals surface area contributed by atoms with Crippen LogP contribution in [0.2, 0.25) is 0 Å². The number of urea groups is 1. The summed E-state index contributed by atoms with van der Waals surface area (Å²) in [7, 11) is 2.75. The number of amides is 2. The highest BCUT2D eigenvalue weighted by Crippen LogP contribution is 2.43. The molecule has 3 atom stereocenters. The van der Waals surface area contributed by atoms with E-state index in [4.69, 9.17) is 9.47 Å². The van der Waals surface area contributed by atoms with Crippen LogP contribution in [0.15, 0.2) is 36.4 Å². The number of halogens is 3. The highest BCUT2D eigenvalue weighted by molar-refractivity contribution is 5.92. The van der Waals surface area contributed by atoms with Gasteiger partial charge in [-0.2, -0.15) is 13.2 Å². The fraction of sp³-hybridized carbons (Fsp3) is 0.458. The number of aliphatic hydroxyl groups is 1. The Labute approximate surface area is 191 Å². The molecular weight excluding hydrogens is 437 g/mol. The molecule has 33 heavy (non-hydrogen) atoms. The molecule has 2 aromatic carbocycles. The Morgan fingerprint density at radius 2 is 1.82 bits per heavy atom. The van der Waals surface area contributed by atoms with Crippen LogP contribution in [-0.2, 0) is 16.6 Å². The molecule has 1 aliphatic rings. The number of hydrogen-bond acceptors (Lipinski definition) is 4. The molecule has 0 bridgehead atoms. The molecule has 9 heteroatoms. The first-order chi connectivity index (χ1) is 15.4. The number of anilines is 1. The Hall–Kier alpha value is -2.78. The summed E-state index contributed by atoms with van der Waals surface area (Å²) < 4.78 is 50.8. The molecule has 6 nitrogen and oxygen atoms in total. The molecule has 0 fully saturated rings. The van der Waals surface area contributed by atoms with Crippen LogP contribution in [0.1, 0.15) is 55.2 Å². The maximum atomic E-state index is 13.3. The van der Waals surface area contributed by atoms with Gasteiger partial charge < -0.3 is 25.2 Å². The quantitative estimate of drug-likeness (QED) is 0.578. The number of alkyl halides is 3. The zero-order chi connectivity index (χ0) is 24.6. The lowest BCUT2D eigenvalue weighted by Crippen LogP contribution is -2.41. The van der Waals surface area contributed by atoms with Crippen LogP contribution in [0.25, 0.3) is 0 Å². The third-order valence-corrected chi connectivity index (χ3v) is 5.78. The third-order valence-electron chi connectivity index (χ3n) is 5.78. The van der Waals surface area contributed by atoms with Gasteiger partial charge in [-0.25, -0.2) is 4.79 Å². The second kappa shape index (κ2) is 9.23. The van der Waals surface area contributed by atoms with Crippen molar-refractivity contribution < 1.29 is 32.5 Å². The molecule has 180 valence electrons. The smallest absolute Gasteiger partial charge is 0.418 e. The van der Waals surface area contributed by atoms with E-state index in [-0.39, 0.29) is 23.6 Å². The molecular formula is C24H29F3N2O4. The fourth-order valence-corrected chi connectivity index (χ4v) is 4.09. The molecule has 1 aliphatic carbocycles. The van der Waals surface area contributed by atoms with E-state index in [9.17, 15) is 23.1 Å². The van der Waals surface area contributed by atoms with Crippen molar-refractivity contribution in [2.24, 2.45) is 0 Å². The zero-order valence-electron chi connectivity index (χ0n) is 19.2. The Morgan fingerprint density at radius 3 is 2.39 bits per heavy atom. The van der Waals surface area contributed by atoms with Crippen molar-refractivity contribution in [3.63, 3.8) is 0 Å².